The van der Waals surface area contributed by atoms with Gasteiger partial charge < -0.3 is 10.2 Å². The fourth-order valence-electron chi connectivity index (χ4n) is 2.21. The Morgan fingerprint density at radius 2 is 2.05 bits per heavy atom. The summed E-state index contributed by atoms with van der Waals surface area (Å²) in [6, 6.07) is 4.90. The molecule has 0 amide bonds. The Labute approximate surface area is 112 Å². The molecule has 0 saturated carbocycles. The van der Waals surface area contributed by atoms with Crippen LogP contribution < -0.4 is 0 Å². The fraction of sp³-hybridized carbons (Fsp3) is 0.467. The van der Waals surface area contributed by atoms with Crippen molar-refractivity contribution in [1.29, 1.82) is 0 Å². The summed E-state index contributed by atoms with van der Waals surface area (Å²) in [4.78, 5) is 2.14. The van der Waals surface area contributed by atoms with Crippen LogP contribution in [0.1, 0.15) is 24.0 Å². The van der Waals surface area contributed by atoms with Crippen molar-refractivity contribution >= 4 is 0 Å². The van der Waals surface area contributed by atoms with E-state index in [9.17, 15) is 9.50 Å². The Morgan fingerprint density at radius 3 is 2.68 bits per heavy atom. The topological polar surface area (TPSA) is 43.7 Å². The number of rotatable bonds is 2. The Bertz CT molecular complexity index is 485. The Kier molecular flexibility index (Phi) is 4.92. The molecule has 1 fully saturated rings. The number of nitrogens with zero attached hydrogens (tertiary/aromatic N) is 1. The van der Waals surface area contributed by atoms with Gasteiger partial charge in [0, 0.05) is 30.8 Å². The summed E-state index contributed by atoms with van der Waals surface area (Å²) in [5.74, 6) is 4.92. The SMILES string of the molecule is OCC#Cc1ccc(CN2CCC(O)CC2)c(F)c1. The molecule has 1 heterocycles. The van der Waals surface area contributed by atoms with E-state index < -0.39 is 0 Å². The lowest BCUT2D eigenvalue weighted by Gasteiger charge is -2.29. The molecule has 3 nitrogen and oxygen atoms in total. The van der Waals surface area contributed by atoms with Gasteiger partial charge in [-0.2, -0.15) is 0 Å². The molecule has 0 radical (unpaired) electrons. The van der Waals surface area contributed by atoms with Crippen LogP contribution in [0.15, 0.2) is 18.2 Å². The zero-order valence-electron chi connectivity index (χ0n) is 10.8. The molecule has 1 aliphatic rings. The molecule has 2 rings (SSSR count). The van der Waals surface area contributed by atoms with Crippen LogP contribution in [-0.2, 0) is 6.54 Å². The summed E-state index contributed by atoms with van der Waals surface area (Å²) in [6.45, 7) is 1.94. The number of aliphatic hydroxyl groups excluding tert-OH is 2. The van der Waals surface area contributed by atoms with Gasteiger partial charge in [-0.3, -0.25) is 4.90 Å². The van der Waals surface area contributed by atoms with Gasteiger partial charge in [-0.1, -0.05) is 17.9 Å². The van der Waals surface area contributed by atoms with Crippen molar-refractivity contribution in [3.63, 3.8) is 0 Å². The molecule has 102 valence electrons. The second-order valence-electron chi connectivity index (χ2n) is 4.77. The Hall–Kier alpha value is -1.41. The lowest BCUT2D eigenvalue weighted by atomic mass is 10.1. The normalized spacial score (nSPS) is 17.0. The minimum absolute atomic E-state index is 0.211. The highest BCUT2D eigenvalue weighted by Gasteiger charge is 2.17. The molecule has 0 aliphatic carbocycles. The predicted molar refractivity (Wildman–Crippen MR) is 70.9 cm³/mol. The number of halogens is 1. The van der Waals surface area contributed by atoms with Gasteiger partial charge in [0.05, 0.1) is 6.10 Å². The molecule has 0 bridgehead atoms. The van der Waals surface area contributed by atoms with E-state index in [0.717, 1.165) is 25.9 Å². The third kappa shape index (κ3) is 4.03. The first-order valence-corrected chi connectivity index (χ1v) is 6.47. The van der Waals surface area contributed by atoms with E-state index >= 15 is 0 Å². The molecule has 1 aromatic carbocycles. The number of piperidine rings is 1. The van der Waals surface area contributed by atoms with Crippen molar-refractivity contribution in [3.8, 4) is 11.8 Å². The van der Waals surface area contributed by atoms with E-state index in [0.29, 0.717) is 17.7 Å². The maximum Gasteiger partial charge on any atom is 0.128 e. The van der Waals surface area contributed by atoms with E-state index in [1.807, 2.05) is 0 Å². The van der Waals surface area contributed by atoms with Crippen molar-refractivity contribution in [2.45, 2.75) is 25.5 Å². The number of hydrogen-bond acceptors (Lipinski definition) is 3. The van der Waals surface area contributed by atoms with Crippen LogP contribution in [0.5, 0.6) is 0 Å². The second kappa shape index (κ2) is 6.67. The zero-order valence-corrected chi connectivity index (χ0v) is 10.8. The average molecular weight is 263 g/mol. The summed E-state index contributed by atoms with van der Waals surface area (Å²) < 4.78 is 13.9. The summed E-state index contributed by atoms with van der Waals surface area (Å²) in [5, 5.41) is 18.0. The monoisotopic (exact) mass is 263 g/mol. The standard InChI is InChI=1S/C15H18FNO2/c16-15-10-12(2-1-9-18)3-4-13(15)11-17-7-5-14(19)6-8-17/h3-4,10,14,18-19H,5-9,11H2. The third-order valence-corrected chi connectivity index (χ3v) is 3.32. The van der Waals surface area contributed by atoms with Crippen LogP contribution >= 0.6 is 0 Å². The first-order valence-electron chi connectivity index (χ1n) is 6.47. The average Bonchev–Trinajstić information content (AvgIpc) is 2.41. The summed E-state index contributed by atoms with van der Waals surface area (Å²) in [7, 11) is 0. The second-order valence-corrected chi connectivity index (χ2v) is 4.77. The zero-order chi connectivity index (χ0) is 13.7. The van der Waals surface area contributed by atoms with Crippen molar-refractivity contribution < 1.29 is 14.6 Å². The Balaban J connectivity index is 2.01. The summed E-state index contributed by atoms with van der Waals surface area (Å²) >= 11 is 0. The molecule has 2 N–H and O–H groups in total. The lowest BCUT2D eigenvalue weighted by molar-refractivity contribution is 0.0787. The van der Waals surface area contributed by atoms with Gasteiger partial charge in [0.25, 0.3) is 0 Å². The molecule has 0 spiro atoms. The van der Waals surface area contributed by atoms with Gasteiger partial charge in [0.15, 0.2) is 0 Å². The number of likely N-dealkylation sites (tertiary alicyclic amines) is 1. The van der Waals surface area contributed by atoms with Gasteiger partial charge in [-0.05, 0) is 25.0 Å². The molecule has 4 heteroatoms. The minimum Gasteiger partial charge on any atom is -0.393 e. The highest BCUT2D eigenvalue weighted by molar-refractivity contribution is 5.37. The van der Waals surface area contributed by atoms with Gasteiger partial charge in [-0.25, -0.2) is 4.39 Å². The number of aliphatic hydroxyl groups is 2. The molecule has 1 aliphatic heterocycles. The molecular formula is C15H18FNO2. The first-order chi connectivity index (χ1) is 9.19. The minimum atomic E-state index is -0.268. The highest BCUT2D eigenvalue weighted by atomic mass is 19.1. The van der Waals surface area contributed by atoms with Crippen LogP contribution in [0, 0.1) is 17.7 Å². The van der Waals surface area contributed by atoms with Crippen LogP contribution in [0.3, 0.4) is 0 Å². The molecule has 0 aromatic heterocycles. The van der Waals surface area contributed by atoms with Gasteiger partial charge in [-0.15, -0.1) is 0 Å². The van der Waals surface area contributed by atoms with E-state index in [1.54, 1.807) is 12.1 Å². The van der Waals surface area contributed by atoms with Gasteiger partial charge in [0.1, 0.15) is 12.4 Å². The molecular weight excluding hydrogens is 245 g/mol. The van der Waals surface area contributed by atoms with Crippen LogP contribution in [0.25, 0.3) is 0 Å². The van der Waals surface area contributed by atoms with Crippen molar-refractivity contribution in [2.24, 2.45) is 0 Å². The lowest BCUT2D eigenvalue weighted by Crippen LogP contribution is -2.35. The fourth-order valence-corrected chi connectivity index (χ4v) is 2.21. The summed E-state index contributed by atoms with van der Waals surface area (Å²) in [6.07, 6.45) is 1.29. The van der Waals surface area contributed by atoms with E-state index in [1.165, 1.54) is 6.07 Å². The number of benzene rings is 1. The molecule has 1 saturated heterocycles. The quantitative estimate of drug-likeness (QED) is 0.786. The largest absolute Gasteiger partial charge is 0.393 e. The van der Waals surface area contributed by atoms with Crippen molar-refractivity contribution in [1.82, 2.24) is 4.90 Å². The maximum absolute atomic E-state index is 13.9. The first kappa shape index (κ1) is 14.0. The van der Waals surface area contributed by atoms with Crippen molar-refractivity contribution in [2.75, 3.05) is 19.7 Å². The van der Waals surface area contributed by atoms with E-state index in [-0.39, 0.29) is 18.5 Å². The number of hydrogen-bond donors (Lipinski definition) is 2. The van der Waals surface area contributed by atoms with Crippen molar-refractivity contribution in [3.05, 3.63) is 35.1 Å². The van der Waals surface area contributed by atoms with E-state index in [2.05, 4.69) is 16.7 Å². The maximum atomic E-state index is 13.9. The molecule has 19 heavy (non-hydrogen) atoms. The van der Waals surface area contributed by atoms with Crippen LogP contribution in [0.4, 0.5) is 4.39 Å². The smallest absolute Gasteiger partial charge is 0.128 e. The van der Waals surface area contributed by atoms with Crippen LogP contribution in [0.2, 0.25) is 0 Å². The third-order valence-electron chi connectivity index (χ3n) is 3.32. The van der Waals surface area contributed by atoms with E-state index in [4.69, 9.17) is 5.11 Å². The Morgan fingerprint density at radius 1 is 1.32 bits per heavy atom. The highest BCUT2D eigenvalue weighted by Crippen LogP contribution is 2.16. The molecule has 1 aromatic rings. The van der Waals surface area contributed by atoms with Gasteiger partial charge >= 0.3 is 0 Å². The molecule has 0 unspecified atom stereocenters. The predicted octanol–water partition coefficient (Wildman–Crippen LogP) is 1.13. The summed E-state index contributed by atoms with van der Waals surface area (Å²) in [5.41, 5.74) is 1.22. The molecule has 0 atom stereocenters. The van der Waals surface area contributed by atoms with Crippen LogP contribution in [-0.4, -0.2) is 40.9 Å². The van der Waals surface area contributed by atoms with Gasteiger partial charge in [0.2, 0.25) is 0 Å².